The third-order valence-corrected chi connectivity index (χ3v) is 5.19. The molecule has 0 spiro atoms. The number of thiazole rings is 1. The molecular formula is C15H16BrFN2S. The molecular weight excluding hydrogens is 339 g/mol. The maximum Gasteiger partial charge on any atom is 0.134 e. The van der Waals surface area contributed by atoms with Gasteiger partial charge in [-0.05, 0) is 47.3 Å². The highest BCUT2D eigenvalue weighted by atomic mass is 79.9. The second-order valence-electron chi connectivity index (χ2n) is 4.99. The fraction of sp³-hybridized carbons (Fsp3) is 0.400. The van der Waals surface area contributed by atoms with Crippen LogP contribution in [0.4, 0.5) is 4.39 Å². The minimum atomic E-state index is -0.225. The number of aryl methyl sites for hydroxylation is 1. The highest BCUT2D eigenvalue weighted by Crippen LogP contribution is 2.35. The van der Waals surface area contributed by atoms with Crippen molar-refractivity contribution >= 4 is 27.3 Å². The average Bonchev–Trinajstić information content (AvgIpc) is 3.17. The lowest BCUT2D eigenvalue weighted by Gasteiger charge is -2.01. The predicted molar refractivity (Wildman–Crippen MR) is 84.4 cm³/mol. The Hall–Kier alpha value is -0.780. The Morgan fingerprint density at radius 3 is 2.90 bits per heavy atom. The molecule has 1 aromatic heterocycles. The van der Waals surface area contributed by atoms with Gasteiger partial charge in [0.2, 0.25) is 0 Å². The van der Waals surface area contributed by atoms with Crippen LogP contribution in [0.15, 0.2) is 22.7 Å². The summed E-state index contributed by atoms with van der Waals surface area (Å²) < 4.78 is 14.8. The SMILES string of the molecule is CCc1nc(-c2c(F)cccc2Br)sc1CNC1CC1. The number of nitrogens with zero attached hydrogens (tertiary/aromatic N) is 1. The van der Waals surface area contributed by atoms with Gasteiger partial charge in [0.05, 0.1) is 11.3 Å². The molecule has 20 heavy (non-hydrogen) atoms. The largest absolute Gasteiger partial charge is 0.309 e. The summed E-state index contributed by atoms with van der Waals surface area (Å²) >= 11 is 5.01. The van der Waals surface area contributed by atoms with Crippen LogP contribution >= 0.6 is 27.3 Å². The van der Waals surface area contributed by atoms with Gasteiger partial charge in [-0.1, -0.05) is 13.0 Å². The zero-order valence-electron chi connectivity index (χ0n) is 11.2. The van der Waals surface area contributed by atoms with Crippen molar-refractivity contribution in [3.05, 3.63) is 39.1 Å². The van der Waals surface area contributed by atoms with Crippen LogP contribution in [0.25, 0.3) is 10.6 Å². The molecule has 1 N–H and O–H groups in total. The number of hydrogen-bond donors (Lipinski definition) is 1. The van der Waals surface area contributed by atoms with E-state index < -0.39 is 0 Å². The monoisotopic (exact) mass is 354 g/mol. The predicted octanol–water partition coefficient (Wildman–Crippen LogP) is 4.53. The quantitative estimate of drug-likeness (QED) is 0.853. The molecule has 1 heterocycles. The molecule has 0 aliphatic heterocycles. The van der Waals surface area contributed by atoms with Crippen LogP contribution in [0, 0.1) is 5.82 Å². The van der Waals surface area contributed by atoms with Crippen molar-refractivity contribution in [1.82, 2.24) is 10.3 Å². The summed E-state index contributed by atoms with van der Waals surface area (Å²) in [6.07, 6.45) is 3.42. The molecule has 1 fully saturated rings. The van der Waals surface area contributed by atoms with E-state index in [2.05, 4.69) is 33.2 Å². The number of aromatic nitrogens is 1. The van der Waals surface area contributed by atoms with Crippen molar-refractivity contribution in [2.24, 2.45) is 0 Å². The Labute approximate surface area is 130 Å². The zero-order chi connectivity index (χ0) is 14.1. The molecule has 0 amide bonds. The average molecular weight is 355 g/mol. The molecule has 0 unspecified atom stereocenters. The van der Waals surface area contributed by atoms with Gasteiger partial charge in [0.25, 0.3) is 0 Å². The second-order valence-corrected chi connectivity index (χ2v) is 6.93. The van der Waals surface area contributed by atoms with Crippen LogP contribution in [0.3, 0.4) is 0 Å². The van der Waals surface area contributed by atoms with Crippen molar-refractivity contribution in [2.45, 2.75) is 38.8 Å². The lowest BCUT2D eigenvalue weighted by molar-refractivity contribution is 0.630. The first-order chi connectivity index (χ1) is 9.69. The smallest absolute Gasteiger partial charge is 0.134 e. The molecule has 0 bridgehead atoms. The molecule has 0 saturated heterocycles. The van der Waals surface area contributed by atoms with Gasteiger partial charge in [-0.2, -0.15) is 0 Å². The second kappa shape index (κ2) is 5.92. The van der Waals surface area contributed by atoms with Gasteiger partial charge < -0.3 is 5.32 Å². The van der Waals surface area contributed by atoms with E-state index in [1.807, 2.05) is 6.07 Å². The van der Waals surface area contributed by atoms with Crippen LogP contribution in [0.5, 0.6) is 0 Å². The molecule has 1 saturated carbocycles. The normalized spacial score (nSPS) is 14.8. The molecule has 0 atom stereocenters. The van der Waals surface area contributed by atoms with Crippen molar-refractivity contribution in [3.8, 4) is 10.6 Å². The van der Waals surface area contributed by atoms with Gasteiger partial charge in [-0.3, -0.25) is 0 Å². The Kier molecular flexibility index (Phi) is 4.19. The number of benzene rings is 1. The first-order valence-electron chi connectivity index (χ1n) is 6.85. The van der Waals surface area contributed by atoms with Gasteiger partial charge in [0, 0.05) is 21.9 Å². The third kappa shape index (κ3) is 2.95. The summed E-state index contributed by atoms with van der Waals surface area (Å²) in [7, 11) is 0. The van der Waals surface area contributed by atoms with E-state index >= 15 is 0 Å². The van der Waals surface area contributed by atoms with E-state index in [1.54, 1.807) is 17.4 Å². The molecule has 1 aliphatic rings. The standard InChI is InChI=1S/C15H16BrFN2S/c1-2-12-13(8-18-9-6-7-9)20-15(19-12)14-10(16)4-3-5-11(14)17/h3-5,9,18H,2,6-8H2,1H3. The van der Waals surface area contributed by atoms with Gasteiger partial charge in [-0.15, -0.1) is 11.3 Å². The highest BCUT2D eigenvalue weighted by Gasteiger charge is 2.22. The Morgan fingerprint density at radius 1 is 1.45 bits per heavy atom. The highest BCUT2D eigenvalue weighted by molar-refractivity contribution is 9.10. The first kappa shape index (κ1) is 14.2. The minimum Gasteiger partial charge on any atom is -0.309 e. The van der Waals surface area contributed by atoms with Crippen molar-refractivity contribution in [2.75, 3.05) is 0 Å². The van der Waals surface area contributed by atoms with E-state index in [0.717, 1.165) is 28.1 Å². The van der Waals surface area contributed by atoms with Gasteiger partial charge in [0.15, 0.2) is 0 Å². The van der Waals surface area contributed by atoms with Crippen LogP contribution in [-0.2, 0) is 13.0 Å². The summed E-state index contributed by atoms with van der Waals surface area (Å²) in [5.41, 5.74) is 1.65. The van der Waals surface area contributed by atoms with Crippen LogP contribution in [0.1, 0.15) is 30.3 Å². The third-order valence-electron chi connectivity index (χ3n) is 3.42. The van der Waals surface area contributed by atoms with Crippen molar-refractivity contribution in [3.63, 3.8) is 0 Å². The van der Waals surface area contributed by atoms with Gasteiger partial charge in [0.1, 0.15) is 10.8 Å². The van der Waals surface area contributed by atoms with E-state index in [0.29, 0.717) is 11.6 Å². The molecule has 3 rings (SSSR count). The van der Waals surface area contributed by atoms with Crippen LogP contribution in [0.2, 0.25) is 0 Å². The van der Waals surface area contributed by atoms with Gasteiger partial charge in [-0.25, -0.2) is 9.37 Å². The minimum absolute atomic E-state index is 0.225. The fourth-order valence-corrected chi connectivity index (χ4v) is 3.95. The molecule has 1 aliphatic carbocycles. The van der Waals surface area contributed by atoms with Crippen LogP contribution in [-0.4, -0.2) is 11.0 Å². The first-order valence-corrected chi connectivity index (χ1v) is 8.46. The summed E-state index contributed by atoms with van der Waals surface area (Å²) in [5.74, 6) is -0.225. The maximum atomic E-state index is 14.0. The molecule has 5 heteroatoms. The van der Waals surface area contributed by atoms with Crippen molar-refractivity contribution < 1.29 is 4.39 Å². The number of rotatable bonds is 5. The number of hydrogen-bond acceptors (Lipinski definition) is 3. The Morgan fingerprint density at radius 2 is 2.25 bits per heavy atom. The van der Waals surface area contributed by atoms with E-state index in [1.165, 1.54) is 23.8 Å². The van der Waals surface area contributed by atoms with E-state index in [-0.39, 0.29) is 5.82 Å². The van der Waals surface area contributed by atoms with Crippen LogP contribution < -0.4 is 5.32 Å². The topological polar surface area (TPSA) is 24.9 Å². The summed E-state index contributed by atoms with van der Waals surface area (Å²) in [6, 6.07) is 5.71. The summed E-state index contributed by atoms with van der Waals surface area (Å²) in [4.78, 5) is 5.85. The molecule has 1 aromatic carbocycles. The Balaban J connectivity index is 1.93. The zero-order valence-corrected chi connectivity index (χ0v) is 13.7. The lowest BCUT2D eigenvalue weighted by atomic mass is 10.2. The molecule has 0 radical (unpaired) electrons. The van der Waals surface area contributed by atoms with Crippen molar-refractivity contribution in [1.29, 1.82) is 0 Å². The van der Waals surface area contributed by atoms with E-state index in [9.17, 15) is 4.39 Å². The number of nitrogens with one attached hydrogen (secondary N) is 1. The summed E-state index contributed by atoms with van der Waals surface area (Å²) in [6.45, 7) is 2.94. The van der Waals surface area contributed by atoms with Gasteiger partial charge >= 0.3 is 0 Å². The molecule has 2 nitrogen and oxygen atoms in total. The maximum absolute atomic E-state index is 14.0. The van der Waals surface area contributed by atoms with E-state index in [4.69, 9.17) is 0 Å². The Bertz CT molecular complexity index is 602. The number of halogens is 2. The lowest BCUT2D eigenvalue weighted by Crippen LogP contribution is -2.15. The fourth-order valence-electron chi connectivity index (χ4n) is 2.13. The summed E-state index contributed by atoms with van der Waals surface area (Å²) in [5, 5.41) is 4.27. The molecule has 106 valence electrons. The molecule has 2 aromatic rings.